The van der Waals surface area contributed by atoms with E-state index in [1.54, 1.807) is 18.2 Å². The molecule has 2 aromatic carbocycles. The zero-order chi connectivity index (χ0) is 16.9. The number of ether oxygens (including phenoxy) is 1. The number of nitro benzene ring substituents is 1. The van der Waals surface area contributed by atoms with Gasteiger partial charge in [0.05, 0.1) is 25.8 Å². The molecule has 0 aliphatic carbocycles. The Morgan fingerprint density at radius 1 is 1.21 bits per heavy atom. The van der Waals surface area contributed by atoms with Crippen molar-refractivity contribution in [3.63, 3.8) is 0 Å². The number of thioether (sulfide) groups is 1. The van der Waals surface area contributed by atoms with Crippen molar-refractivity contribution in [2.75, 3.05) is 5.75 Å². The Bertz CT molecular complexity index is 861. The van der Waals surface area contributed by atoms with E-state index in [-0.39, 0.29) is 18.0 Å². The van der Waals surface area contributed by atoms with E-state index in [0.29, 0.717) is 4.90 Å². The van der Waals surface area contributed by atoms with Crippen LogP contribution in [0.2, 0.25) is 0 Å². The lowest BCUT2D eigenvalue weighted by molar-refractivity contribution is -0.387. The normalized spacial score (nSPS) is 10.7. The molecule has 1 aromatic heterocycles. The van der Waals surface area contributed by atoms with Crippen molar-refractivity contribution in [3.8, 4) is 0 Å². The Morgan fingerprint density at radius 3 is 2.75 bits per heavy atom. The van der Waals surface area contributed by atoms with Crippen molar-refractivity contribution in [2.45, 2.75) is 11.5 Å². The zero-order valence-electron chi connectivity index (χ0n) is 12.4. The Kier molecular flexibility index (Phi) is 5.07. The highest BCUT2D eigenvalue weighted by atomic mass is 32.2. The van der Waals surface area contributed by atoms with Gasteiger partial charge in [-0.1, -0.05) is 24.3 Å². The number of aromatic nitrogens is 1. The summed E-state index contributed by atoms with van der Waals surface area (Å²) in [6.45, 7) is 0.107. The lowest BCUT2D eigenvalue weighted by Crippen LogP contribution is -2.07. The third kappa shape index (κ3) is 3.90. The number of esters is 1. The number of hydrogen-bond donors (Lipinski definition) is 0. The molecule has 6 nitrogen and oxygen atoms in total. The molecule has 0 fully saturated rings. The zero-order valence-corrected chi connectivity index (χ0v) is 14.0. The van der Waals surface area contributed by atoms with Crippen LogP contribution in [0.25, 0.3) is 10.2 Å². The molecule has 3 rings (SSSR count). The molecule has 8 heteroatoms. The van der Waals surface area contributed by atoms with E-state index in [1.165, 1.54) is 17.4 Å². The molecule has 0 amide bonds. The fourth-order valence-corrected chi connectivity index (χ4v) is 3.73. The first-order chi connectivity index (χ1) is 11.6. The molecule has 0 bridgehead atoms. The van der Waals surface area contributed by atoms with Gasteiger partial charge in [-0.25, -0.2) is 4.98 Å². The Labute approximate surface area is 145 Å². The SMILES string of the molecule is O=C(CSc1ccccc1[N+](=O)[O-])OCc1nc2ccccc2s1. The summed E-state index contributed by atoms with van der Waals surface area (Å²) in [5, 5.41) is 11.7. The van der Waals surface area contributed by atoms with Crippen LogP contribution >= 0.6 is 23.1 Å². The summed E-state index contributed by atoms with van der Waals surface area (Å²) in [7, 11) is 0. The second-order valence-corrected chi connectivity index (χ2v) is 6.88. The third-order valence-corrected chi connectivity index (χ3v) is 5.15. The Hall–Kier alpha value is -2.45. The number of nitrogens with zero attached hydrogens (tertiary/aromatic N) is 2. The highest BCUT2D eigenvalue weighted by Gasteiger charge is 2.15. The molecule has 0 saturated carbocycles. The minimum atomic E-state index is -0.464. The fourth-order valence-electron chi connectivity index (χ4n) is 2.03. The first-order valence-electron chi connectivity index (χ1n) is 7.00. The molecule has 3 aromatic rings. The highest BCUT2D eigenvalue weighted by Crippen LogP contribution is 2.28. The number of hydrogen-bond acceptors (Lipinski definition) is 7. The number of nitro groups is 1. The molecule has 0 radical (unpaired) electrons. The van der Waals surface area contributed by atoms with E-state index in [0.717, 1.165) is 27.0 Å². The number of thiazole rings is 1. The summed E-state index contributed by atoms with van der Waals surface area (Å²) in [6.07, 6.45) is 0. The second kappa shape index (κ2) is 7.41. The van der Waals surface area contributed by atoms with E-state index in [9.17, 15) is 14.9 Å². The van der Waals surface area contributed by atoms with Crippen LogP contribution in [-0.2, 0) is 16.1 Å². The summed E-state index contributed by atoms with van der Waals surface area (Å²) < 4.78 is 6.24. The van der Waals surface area contributed by atoms with Crippen LogP contribution in [0.4, 0.5) is 5.69 Å². The van der Waals surface area contributed by atoms with E-state index >= 15 is 0 Å². The van der Waals surface area contributed by atoms with Crippen molar-refractivity contribution >= 4 is 45.0 Å². The molecule has 0 aliphatic heterocycles. The van der Waals surface area contributed by atoms with Gasteiger partial charge in [0.2, 0.25) is 0 Å². The highest BCUT2D eigenvalue weighted by molar-refractivity contribution is 8.00. The number of carbonyl (C=O) groups is 1. The summed E-state index contributed by atoms with van der Waals surface area (Å²) >= 11 is 2.57. The van der Waals surface area contributed by atoms with Crippen LogP contribution in [0.1, 0.15) is 5.01 Å². The average molecular weight is 360 g/mol. The lowest BCUT2D eigenvalue weighted by Gasteiger charge is -2.03. The Morgan fingerprint density at radius 2 is 1.96 bits per heavy atom. The second-order valence-electron chi connectivity index (χ2n) is 4.75. The van der Waals surface area contributed by atoms with Gasteiger partial charge in [0, 0.05) is 6.07 Å². The van der Waals surface area contributed by atoms with E-state index in [4.69, 9.17) is 4.74 Å². The Balaban J connectivity index is 1.55. The minimum Gasteiger partial charge on any atom is -0.458 e. The smallest absolute Gasteiger partial charge is 0.316 e. The summed E-state index contributed by atoms with van der Waals surface area (Å²) in [5.74, 6) is -0.423. The number of fused-ring (bicyclic) bond motifs is 1. The van der Waals surface area contributed by atoms with Crippen LogP contribution in [0.15, 0.2) is 53.4 Å². The first kappa shape index (κ1) is 16.4. The molecule has 0 atom stereocenters. The molecule has 1 heterocycles. The number of benzene rings is 2. The van der Waals surface area contributed by atoms with Crippen LogP contribution in [0, 0.1) is 10.1 Å². The molecule has 24 heavy (non-hydrogen) atoms. The molecule has 0 spiro atoms. The van der Waals surface area contributed by atoms with E-state index in [2.05, 4.69) is 4.98 Å². The van der Waals surface area contributed by atoms with E-state index in [1.807, 2.05) is 24.3 Å². The summed E-state index contributed by atoms with van der Waals surface area (Å²) in [6, 6.07) is 14.0. The fraction of sp³-hybridized carbons (Fsp3) is 0.125. The molecule has 0 saturated heterocycles. The number of rotatable bonds is 6. The average Bonchev–Trinajstić information content (AvgIpc) is 3.01. The van der Waals surface area contributed by atoms with Crippen LogP contribution in [-0.4, -0.2) is 21.6 Å². The molecule has 122 valence electrons. The lowest BCUT2D eigenvalue weighted by atomic mass is 10.3. The van der Waals surface area contributed by atoms with Gasteiger partial charge in [-0.15, -0.1) is 23.1 Å². The largest absolute Gasteiger partial charge is 0.458 e. The van der Waals surface area contributed by atoms with Crippen LogP contribution in [0.3, 0.4) is 0 Å². The quantitative estimate of drug-likeness (QED) is 0.285. The van der Waals surface area contributed by atoms with Gasteiger partial charge in [0.1, 0.15) is 11.6 Å². The third-order valence-electron chi connectivity index (χ3n) is 3.10. The van der Waals surface area contributed by atoms with Gasteiger partial charge in [0.25, 0.3) is 5.69 Å². The predicted molar refractivity (Wildman–Crippen MR) is 93.2 cm³/mol. The molecule has 0 unspecified atom stereocenters. The maximum atomic E-state index is 11.8. The van der Waals surface area contributed by atoms with Crippen molar-refractivity contribution in [3.05, 3.63) is 63.7 Å². The molecular weight excluding hydrogens is 348 g/mol. The van der Waals surface area contributed by atoms with Gasteiger partial charge < -0.3 is 4.74 Å². The maximum Gasteiger partial charge on any atom is 0.316 e. The van der Waals surface area contributed by atoms with Gasteiger partial charge in [-0.3, -0.25) is 14.9 Å². The first-order valence-corrected chi connectivity index (χ1v) is 8.80. The summed E-state index contributed by atoms with van der Waals surface area (Å²) in [4.78, 5) is 27.1. The predicted octanol–water partition coefficient (Wildman–Crippen LogP) is 4.04. The molecular formula is C16H12N2O4S2. The standard InChI is InChI=1S/C16H12N2O4S2/c19-16(10-23-14-8-4-2-6-12(14)18(20)21)22-9-15-17-11-5-1-3-7-13(11)24-15/h1-8H,9-10H2. The van der Waals surface area contributed by atoms with Gasteiger partial charge in [-0.2, -0.15) is 0 Å². The van der Waals surface area contributed by atoms with Crippen molar-refractivity contribution in [1.29, 1.82) is 0 Å². The topological polar surface area (TPSA) is 82.3 Å². The summed E-state index contributed by atoms with van der Waals surface area (Å²) in [5.41, 5.74) is 0.865. The van der Waals surface area contributed by atoms with Crippen molar-refractivity contribution in [2.24, 2.45) is 0 Å². The van der Waals surface area contributed by atoms with Crippen molar-refractivity contribution in [1.82, 2.24) is 4.98 Å². The van der Waals surface area contributed by atoms with Crippen LogP contribution < -0.4 is 0 Å². The molecule has 0 aliphatic rings. The monoisotopic (exact) mass is 360 g/mol. The molecule has 0 N–H and O–H groups in total. The van der Waals surface area contributed by atoms with E-state index < -0.39 is 10.9 Å². The van der Waals surface area contributed by atoms with Crippen molar-refractivity contribution < 1.29 is 14.5 Å². The van der Waals surface area contributed by atoms with Gasteiger partial charge >= 0.3 is 5.97 Å². The number of carbonyl (C=O) groups excluding carboxylic acids is 1. The van der Waals surface area contributed by atoms with Gasteiger partial charge in [0.15, 0.2) is 0 Å². The van der Waals surface area contributed by atoms with Gasteiger partial charge in [-0.05, 0) is 18.2 Å². The maximum absolute atomic E-state index is 11.8. The van der Waals surface area contributed by atoms with Crippen LogP contribution in [0.5, 0.6) is 0 Å². The minimum absolute atomic E-state index is 0.00967. The number of para-hydroxylation sites is 2.